The minimum atomic E-state index is -0.221. The van der Waals surface area contributed by atoms with E-state index in [-0.39, 0.29) is 17.3 Å². The number of carbonyl (C=O) groups is 1. The predicted octanol–water partition coefficient (Wildman–Crippen LogP) is 2.95. The lowest BCUT2D eigenvalue weighted by molar-refractivity contribution is -0.140. The molecule has 1 aliphatic carbocycles. The molecule has 3 heterocycles. The third-order valence-electron chi connectivity index (χ3n) is 4.20. The number of fused-ring (bicyclic) bond motifs is 3. The summed E-state index contributed by atoms with van der Waals surface area (Å²) in [6, 6.07) is 0. The molecule has 0 saturated carbocycles. The molecule has 2 aromatic rings. The smallest absolute Gasteiger partial charge is 0.319 e. The summed E-state index contributed by atoms with van der Waals surface area (Å²) in [6.45, 7) is 1.91. The van der Waals surface area contributed by atoms with Crippen LogP contribution in [-0.2, 0) is 22.4 Å². The number of nitrogens with zero attached hydrogens (tertiary/aromatic N) is 2. The Balaban J connectivity index is 1.70. The van der Waals surface area contributed by atoms with Crippen molar-refractivity contribution in [3.05, 3.63) is 10.4 Å². The minimum absolute atomic E-state index is 0.0277. The lowest BCUT2D eigenvalue weighted by atomic mass is 9.97. The molecule has 1 aliphatic heterocycles. The molecule has 0 amide bonds. The Morgan fingerprint density at radius 1 is 1.32 bits per heavy atom. The fourth-order valence-corrected chi connectivity index (χ4v) is 5.56. The second-order valence-corrected chi connectivity index (χ2v) is 8.13. The van der Waals surface area contributed by atoms with Gasteiger partial charge in [0.25, 0.3) is 0 Å². The van der Waals surface area contributed by atoms with Gasteiger partial charge in [-0.25, -0.2) is 9.97 Å². The summed E-state index contributed by atoms with van der Waals surface area (Å²) in [5.74, 6) is 0.372. The van der Waals surface area contributed by atoms with E-state index in [1.54, 1.807) is 11.3 Å². The number of esters is 1. The van der Waals surface area contributed by atoms with Crippen LogP contribution in [0.5, 0.6) is 0 Å². The molecule has 2 aromatic heterocycles. The van der Waals surface area contributed by atoms with Crippen molar-refractivity contribution in [2.75, 3.05) is 5.73 Å². The minimum Gasteiger partial charge on any atom is -0.462 e. The third kappa shape index (κ3) is 2.36. The van der Waals surface area contributed by atoms with Crippen LogP contribution in [0.2, 0.25) is 0 Å². The highest BCUT2D eigenvalue weighted by Crippen LogP contribution is 2.39. The molecule has 0 unspecified atom stereocenters. The number of nitrogen functional groups attached to an aromatic ring is 1. The highest BCUT2D eigenvalue weighted by molar-refractivity contribution is 8.00. The number of aromatic nitrogens is 2. The van der Waals surface area contributed by atoms with Crippen LogP contribution in [-0.4, -0.2) is 27.3 Å². The van der Waals surface area contributed by atoms with Gasteiger partial charge in [-0.05, 0) is 38.2 Å². The molecule has 22 heavy (non-hydrogen) atoms. The Morgan fingerprint density at radius 3 is 2.91 bits per heavy atom. The molecule has 116 valence electrons. The Morgan fingerprint density at radius 2 is 2.14 bits per heavy atom. The van der Waals surface area contributed by atoms with E-state index in [0.29, 0.717) is 17.4 Å². The average molecular weight is 335 g/mol. The second kappa shape index (κ2) is 5.38. The van der Waals surface area contributed by atoms with Crippen molar-refractivity contribution >= 4 is 45.1 Å². The van der Waals surface area contributed by atoms with Crippen LogP contribution in [0.1, 0.15) is 36.6 Å². The highest BCUT2D eigenvalue weighted by Gasteiger charge is 2.33. The van der Waals surface area contributed by atoms with Crippen molar-refractivity contribution in [1.29, 1.82) is 0 Å². The number of ether oxygens (including phenoxy) is 1. The molecule has 2 aliphatic rings. The van der Waals surface area contributed by atoms with E-state index in [2.05, 4.69) is 9.97 Å². The normalized spacial score (nSPS) is 24.5. The Kier molecular flexibility index (Phi) is 3.49. The van der Waals surface area contributed by atoms with Gasteiger partial charge < -0.3 is 10.5 Å². The standard InChI is InChI=1S/C15H17N3O2S2/c1-7-6-10(14(19)20-7)22-15-17-12(16)11-8-4-2-3-5-9(8)21-13(11)18-15/h7,10H,2-6H2,1H3,(H2,16,17,18)/t7-,10+/m0/s1. The molecule has 0 aromatic carbocycles. The number of thioether (sulfide) groups is 1. The molecular formula is C15H17N3O2S2. The van der Waals surface area contributed by atoms with E-state index in [1.165, 1.54) is 35.0 Å². The number of rotatable bonds is 2. The van der Waals surface area contributed by atoms with Crippen molar-refractivity contribution in [2.45, 2.75) is 55.5 Å². The van der Waals surface area contributed by atoms with Crippen LogP contribution in [0.4, 0.5) is 5.82 Å². The van der Waals surface area contributed by atoms with Gasteiger partial charge in [0.15, 0.2) is 5.16 Å². The summed E-state index contributed by atoms with van der Waals surface area (Å²) in [4.78, 5) is 23.2. The number of hydrogen-bond donors (Lipinski definition) is 1. The molecule has 4 rings (SSSR count). The van der Waals surface area contributed by atoms with Crippen LogP contribution in [0.15, 0.2) is 5.16 Å². The van der Waals surface area contributed by atoms with E-state index < -0.39 is 0 Å². The maximum Gasteiger partial charge on any atom is 0.319 e. The molecule has 1 saturated heterocycles. The van der Waals surface area contributed by atoms with Crippen LogP contribution < -0.4 is 5.73 Å². The quantitative estimate of drug-likeness (QED) is 0.671. The van der Waals surface area contributed by atoms with Gasteiger partial charge in [0, 0.05) is 11.3 Å². The first-order valence-electron chi connectivity index (χ1n) is 7.56. The number of thiophene rings is 1. The molecular weight excluding hydrogens is 318 g/mol. The lowest BCUT2D eigenvalue weighted by Gasteiger charge is -2.11. The third-order valence-corrected chi connectivity index (χ3v) is 6.44. The zero-order valence-electron chi connectivity index (χ0n) is 12.3. The van der Waals surface area contributed by atoms with Gasteiger partial charge in [0.05, 0.1) is 5.39 Å². The molecule has 0 bridgehead atoms. The van der Waals surface area contributed by atoms with Gasteiger partial charge >= 0.3 is 5.97 Å². The van der Waals surface area contributed by atoms with Crippen LogP contribution in [0.3, 0.4) is 0 Å². The maximum absolute atomic E-state index is 11.8. The monoisotopic (exact) mass is 335 g/mol. The van der Waals surface area contributed by atoms with Gasteiger partial charge in [-0.15, -0.1) is 11.3 Å². The first-order valence-corrected chi connectivity index (χ1v) is 9.26. The summed E-state index contributed by atoms with van der Waals surface area (Å²) < 4.78 is 5.19. The molecule has 2 atom stereocenters. The summed E-state index contributed by atoms with van der Waals surface area (Å²) in [5.41, 5.74) is 7.53. The van der Waals surface area contributed by atoms with Crippen LogP contribution >= 0.6 is 23.1 Å². The SMILES string of the molecule is C[C@H]1C[C@@H](Sc2nc(N)c3c4c(sc3n2)CCCC4)C(=O)O1. The highest BCUT2D eigenvalue weighted by atomic mass is 32.2. The fraction of sp³-hybridized carbons (Fsp3) is 0.533. The number of nitrogens with two attached hydrogens (primary N) is 1. The maximum atomic E-state index is 11.8. The summed E-state index contributed by atoms with van der Waals surface area (Å²) in [6.07, 6.45) is 5.31. The molecule has 2 N–H and O–H groups in total. The van der Waals surface area contributed by atoms with Crippen molar-refractivity contribution < 1.29 is 9.53 Å². The number of carbonyl (C=O) groups excluding carboxylic acids is 1. The first kappa shape index (κ1) is 14.3. The van der Waals surface area contributed by atoms with Gasteiger partial charge in [-0.3, -0.25) is 4.79 Å². The zero-order chi connectivity index (χ0) is 15.3. The molecule has 1 fully saturated rings. The van der Waals surface area contributed by atoms with Crippen LogP contribution in [0, 0.1) is 0 Å². The molecule has 7 heteroatoms. The lowest BCUT2D eigenvalue weighted by Crippen LogP contribution is -2.10. The summed E-state index contributed by atoms with van der Waals surface area (Å²) in [7, 11) is 0. The van der Waals surface area contributed by atoms with E-state index in [1.807, 2.05) is 6.92 Å². The van der Waals surface area contributed by atoms with Gasteiger partial charge in [-0.2, -0.15) is 0 Å². The van der Waals surface area contributed by atoms with Crippen molar-refractivity contribution in [3.63, 3.8) is 0 Å². The Labute approximate surface area is 136 Å². The van der Waals surface area contributed by atoms with Crippen molar-refractivity contribution in [1.82, 2.24) is 9.97 Å². The van der Waals surface area contributed by atoms with E-state index in [0.717, 1.165) is 23.1 Å². The fourth-order valence-electron chi connectivity index (χ4n) is 3.16. The Hall–Kier alpha value is -1.34. The largest absolute Gasteiger partial charge is 0.462 e. The summed E-state index contributed by atoms with van der Waals surface area (Å²) in [5, 5.41) is 1.40. The number of aryl methyl sites for hydroxylation is 2. The number of cyclic esters (lactones) is 1. The van der Waals surface area contributed by atoms with E-state index in [4.69, 9.17) is 10.5 Å². The van der Waals surface area contributed by atoms with Gasteiger partial charge in [0.1, 0.15) is 22.0 Å². The molecule has 5 nitrogen and oxygen atoms in total. The van der Waals surface area contributed by atoms with Gasteiger partial charge in [0.2, 0.25) is 0 Å². The topological polar surface area (TPSA) is 78.1 Å². The van der Waals surface area contributed by atoms with E-state index in [9.17, 15) is 4.79 Å². The average Bonchev–Trinajstić information content (AvgIpc) is 2.99. The van der Waals surface area contributed by atoms with E-state index >= 15 is 0 Å². The Bertz CT molecular complexity index is 759. The van der Waals surface area contributed by atoms with Crippen molar-refractivity contribution in [3.8, 4) is 0 Å². The zero-order valence-corrected chi connectivity index (χ0v) is 13.9. The number of hydrogen-bond acceptors (Lipinski definition) is 7. The van der Waals surface area contributed by atoms with Crippen LogP contribution in [0.25, 0.3) is 10.2 Å². The molecule has 0 spiro atoms. The number of anilines is 1. The molecule has 0 radical (unpaired) electrons. The summed E-state index contributed by atoms with van der Waals surface area (Å²) >= 11 is 3.09. The van der Waals surface area contributed by atoms with Gasteiger partial charge in [-0.1, -0.05) is 11.8 Å². The predicted molar refractivity (Wildman–Crippen MR) is 88.3 cm³/mol. The van der Waals surface area contributed by atoms with Crippen molar-refractivity contribution in [2.24, 2.45) is 0 Å². The second-order valence-electron chi connectivity index (χ2n) is 5.87. The first-order chi connectivity index (χ1) is 10.6.